The minimum Gasteiger partial charge on any atom is -0.497 e. The fourth-order valence-electron chi connectivity index (χ4n) is 5.65. The molecule has 4 atom stereocenters. The SMILES string of the molecule is COc1ccc(C(=O)[C@@H]2[C@H]3C(=O)N(c4cc([N+](=O)[O-])ccc4OC)C(=O)[C@@H]3[C@H]3CCCN32)cc1. The molecular weight excluding hydrogens is 442 g/mol. The first-order chi connectivity index (χ1) is 16.4. The van der Waals surface area contributed by atoms with E-state index >= 15 is 0 Å². The third-order valence-electron chi connectivity index (χ3n) is 7.11. The summed E-state index contributed by atoms with van der Waals surface area (Å²) in [6.07, 6.45) is 1.52. The van der Waals surface area contributed by atoms with Gasteiger partial charge >= 0.3 is 0 Å². The van der Waals surface area contributed by atoms with Crippen molar-refractivity contribution in [2.24, 2.45) is 11.8 Å². The van der Waals surface area contributed by atoms with Crippen LogP contribution in [0.2, 0.25) is 0 Å². The van der Waals surface area contributed by atoms with Crippen molar-refractivity contribution in [1.82, 2.24) is 4.90 Å². The van der Waals surface area contributed by atoms with E-state index < -0.39 is 34.6 Å². The predicted molar refractivity (Wildman–Crippen MR) is 120 cm³/mol. The minimum absolute atomic E-state index is 0.0290. The Morgan fingerprint density at radius 3 is 2.38 bits per heavy atom. The highest BCUT2D eigenvalue weighted by atomic mass is 16.6. The predicted octanol–water partition coefficient (Wildman–Crippen LogP) is 2.45. The van der Waals surface area contributed by atoms with E-state index in [9.17, 15) is 24.5 Å². The summed E-state index contributed by atoms with van der Waals surface area (Å²) in [5.41, 5.74) is 0.201. The number of imide groups is 1. The lowest BCUT2D eigenvalue weighted by Gasteiger charge is -2.28. The number of hydrogen-bond donors (Lipinski definition) is 0. The summed E-state index contributed by atoms with van der Waals surface area (Å²) in [7, 11) is 2.90. The molecule has 2 amide bonds. The van der Waals surface area contributed by atoms with Gasteiger partial charge in [0.15, 0.2) is 5.78 Å². The molecule has 0 bridgehead atoms. The first-order valence-electron chi connectivity index (χ1n) is 11.0. The number of carbonyl (C=O) groups excluding carboxylic acids is 3. The molecule has 2 aromatic carbocycles. The monoisotopic (exact) mass is 465 g/mol. The number of rotatable bonds is 6. The van der Waals surface area contributed by atoms with Crippen LogP contribution in [0.5, 0.6) is 11.5 Å². The topological polar surface area (TPSA) is 119 Å². The zero-order valence-corrected chi connectivity index (χ0v) is 18.7. The van der Waals surface area contributed by atoms with Crippen LogP contribution in [0.4, 0.5) is 11.4 Å². The Hall–Kier alpha value is -3.79. The Morgan fingerprint density at radius 1 is 1.03 bits per heavy atom. The molecule has 0 saturated carbocycles. The van der Waals surface area contributed by atoms with E-state index in [0.717, 1.165) is 11.3 Å². The standard InChI is InChI=1S/C24H23N3O7/c1-33-15-8-5-13(6-9-15)22(28)21-20-19(16-4-3-11-25(16)21)23(29)26(24(20)30)17-12-14(27(31)32)7-10-18(17)34-2/h5-10,12,16,19-21H,3-4,11H2,1-2H3/t16-,19-,20+,21+/m1/s1. The van der Waals surface area contributed by atoms with Gasteiger partial charge in [-0.15, -0.1) is 0 Å². The van der Waals surface area contributed by atoms with Gasteiger partial charge in [-0.2, -0.15) is 0 Å². The Morgan fingerprint density at radius 2 is 1.74 bits per heavy atom. The number of Topliss-reactive ketones (excluding diaryl/α,β-unsaturated/α-hetero) is 1. The van der Waals surface area contributed by atoms with Gasteiger partial charge in [-0.1, -0.05) is 0 Å². The van der Waals surface area contributed by atoms with Gasteiger partial charge in [0.1, 0.15) is 17.2 Å². The normalized spacial score (nSPS) is 25.9. The molecule has 0 aromatic heterocycles. The van der Waals surface area contributed by atoms with E-state index in [1.165, 1.54) is 32.4 Å². The van der Waals surface area contributed by atoms with Gasteiger partial charge in [0.05, 0.1) is 37.0 Å². The maximum atomic E-state index is 13.7. The summed E-state index contributed by atoms with van der Waals surface area (Å²) >= 11 is 0. The molecule has 3 aliphatic rings. The molecule has 34 heavy (non-hydrogen) atoms. The fourth-order valence-corrected chi connectivity index (χ4v) is 5.65. The summed E-state index contributed by atoms with van der Waals surface area (Å²) in [5.74, 6) is -1.98. The summed E-state index contributed by atoms with van der Waals surface area (Å²) in [4.78, 5) is 54.6. The van der Waals surface area contributed by atoms with Gasteiger partial charge in [0.2, 0.25) is 11.8 Å². The van der Waals surface area contributed by atoms with Crippen LogP contribution in [-0.4, -0.2) is 60.3 Å². The summed E-state index contributed by atoms with van der Waals surface area (Å²) in [5, 5.41) is 11.3. The van der Waals surface area contributed by atoms with Gasteiger partial charge in [-0.05, 0) is 49.7 Å². The number of benzene rings is 2. The number of hydrogen-bond acceptors (Lipinski definition) is 8. The van der Waals surface area contributed by atoms with Crippen LogP contribution in [0.3, 0.4) is 0 Å². The molecular formula is C24H23N3O7. The quantitative estimate of drug-likeness (QED) is 0.276. The van der Waals surface area contributed by atoms with Crippen LogP contribution < -0.4 is 14.4 Å². The van der Waals surface area contributed by atoms with E-state index in [2.05, 4.69) is 0 Å². The molecule has 176 valence electrons. The Labute approximate surface area is 195 Å². The number of non-ortho nitro benzene ring substituents is 1. The van der Waals surface area contributed by atoms with E-state index in [1.807, 2.05) is 4.90 Å². The highest BCUT2D eigenvalue weighted by molar-refractivity contribution is 6.25. The van der Waals surface area contributed by atoms with Crippen LogP contribution in [0.15, 0.2) is 42.5 Å². The molecule has 3 fully saturated rings. The molecule has 3 heterocycles. The minimum atomic E-state index is -0.864. The van der Waals surface area contributed by atoms with Crippen molar-refractivity contribution < 1.29 is 28.8 Å². The lowest BCUT2D eigenvalue weighted by Crippen LogP contribution is -2.46. The maximum Gasteiger partial charge on any atom is 0.271 e. The first kappa shape index (κ1) is 22.0. The van der Waals surface area contributed by atoms with Crippen molar-refractivity contribution in [3.8, 4) is 11.5 Å². The summed E-state index contributed by atoms with van der Waals surface area (Å²) in [6, 6.07) is 9.45. The fraction of sp³-hybridized carbons (Fsp3) is 0.375. The third-order valence-corrected chi connectivity index (χ3v) is 7.11. The number of nitro groups is 1. The van der Waals surface area contributed by atoms with Crippen LogP contribution >= 0.6 is 0 Å². The number of methoxy groups -OCH3 is 2. The third kappa shape index (κ3) is 3.17. The summed E-state index contributed by atoms with van der Waals surface area (Å²) < 4.78 is 10.5. The number of amides is 2. The number of fused-ring (bicyclic) bond motifs is 3. The molecule has 0 unspecified atom stereocenters. The van der Waals surface area contributed by atoms with Crippen molar-refractivity contribution in [2.75, 3.05) is 25.7 Å². The van der Waals surface area contributed by atoms with Gasteiger partial charge < -0.3 is 9.47 Å². The molecule has 10 heteroatoms. The van der Waals surface area contributed by atoms with Gasteiger partial charge in [0, 0.05) is 23.7 Å². The number of ketones is 1. The largest absolute Gasteiger partial charge is 0.497 e. The molecule has 5 rings (SSSR count). The van der Waals surface area contributed by atoms with Crippen molar-refractivity contribution >= 4 is 29.0 Å². The lowest BCUT2D eigenvalue weighted by atomic mass is 9.85. The van der Waals surface area contributed by atoms with Crippen LogP contribution in [0, 0.1) is 22.0 Å². The smallest absolute Gasteiger partial charge is 0.271 e. The zero-order chi connectivity index (χ0) is 24.1. The molecule has 2 aromatic rings. The molecule has 0 spiro atoms. The van der Waals surface area contributed by atoms with Crippen molar-refractivity contribution in [1.29, 1.82) is 0 Å². The molecule has 0 N–H and O–H groups in total. The molecule has 0 aliphatic carbocycles. The van der Waals surface area contributed by atoms with Crippen molar-refractivity contribution in [3.05, 3.63) is 58.1 Å². The zero-order valence-electron chi connectivity index (χ0n) is 18.7. The Kier molecular flexibility index (Phi) is 5.32. The van der Waals surface area contributed by atoms with E-state index in [4.69, 9.17) is 9.47 Å². The maximum absolute atomic E-state index is 13.7. The van der Waals surface area contributed by atoms with E-state index in [0.29, 0.717) is 24.3 Å². The van der Waals surface area contributed by atoms with Crippen LogP contribution in [-0.2, 0) is 9.59 Å². The Bertz CT molecular complexity index is 1200. The van der Waals surface area contributed by atoms with Gasteiger partial charge in [-0.3, -0.25) is 29.4 Å². The molecule has 3 saturated heterocycles. The van der Waals surface area contributed by atoms with Crippen molar-refractivity contribution in [2.45, 2.75) is 24.9 Å². The average Bonchev–Trinajstić information content (AvgIpc) is 3.50. The lowest BCUT2D eigenvalue weighted by molar-refractivity contribution is -0.384. The first-order valence-corrected chi connectivity index (χ1v) is 11.0. The van der Waals surface area contributed by atoms with Gasteiger partial charge in [-0.25, -0.2) is 4.90 Å². The molecule has 3 aliphatic heterocycles. The second-order valence-electron chi connectivity index (χ2n) is 8.66. The number of ether oxygens (including phenoxy) is 2. The highest BCUT2D eigenvalue weighted by Gasteiger charge is 2.65. The number of nitro benzene ring substituents is 1. The average molecular weight is 465 g/mol. The second-order valence-corrected chi connectivity index (χ2v) is 8.66. The van der Waals surface area contributed by atoms with E-state index in [1.54, 1.807) is 24.3 Å². The molecule has 0 radical (unpaired) electrons. The number of carbonyl (C=O) groups is 3. The molecule has 10 nitrogen and oxygen atoms in total. The van der Waals surface area contributed by atoms with Crippen LogP contribution in [0.25, 0.3) is 0 Å². The van der Waals surface area contributed by atoms with Crippen LogP contribution in [0.1, 0.15) is 23.2 Å². The van der Waals surface area contributed by atoms with E-state index in [-0.39, 0.29) is 28.9 Å². The number of anilines is 1. The summed E-state index contributed by atoms with van der Waals surface area (Å²) in [6.45, 7) is 0.630. The number of nitrogens with zero attached hydrogens (tertiary/aromatic N) is 3. The second kappa shape index (κ2) is 8.21. The van der Waals surface area contributed by atoms with Crippen molar-refractivity contribution in [3.63, 3.8) is 0 Å². The Balaban J connectivity index is 1.56. The highest BCUT2D eigenvalue weighted by Crippen LogP contribution is 2.50. The van der Waals surface area contributed by atoms with Gasteiger partial charge in [0.25, 0.3) is 5.69 Å².